The Bertz CT molecular complexity index is 467. The highest BCUT2D eigenvalue weighted by atomic mass is 16.5. The van der Waals surface area contributed by atoms with Gasteiger partial charge in [0.05, 0.1) is 19.8 Å². The van der Waals surface area contributed by atoms with E-state index in [4.69, 9.17) is 9.47 Å². The maximum atomic E-state index is 12.4. The van der Waals surface area contributed by atoms with E-state index in [0.29, 0.717) is 44.8 Å². The second kappa shape index (κ2) is 12.6. The van der Waals surface area contributed by atoms with Crippen LogP contribution in [0.15, 0.2) is 0 Å². The fraction of sp³-hybridized carbons (Fsp3) is 0.909. The average molecular weight is 397 g/mol. The molecule has 6 heteroatoms. The maximum absolute atomic E-state index is 12.4. The molecule has 2 aliphatic rings. The molecular weight excluding hydrogens is 356 g/mol. The van der Waals surface area contributed by atoms with Gasteiger partial charge in [0.1, 0.15) is 5.78 Å². The zero-order valence-electron chi connectivity index (χ0n) is 18.1. The highest BCUT2D eigenvalue weighted by molar-refractivity contribution is 5.82. The molecule has 6 nitrogen and oxygen atoms in total. The second-order valence-corrected chi connectivity index (χ2v) is 8.47. The Morgan fingerprint density at radius 1 is 0.929 bits per heavy atom. The Kier molecular flexibility index (Phi) is 10.4. The van der Waals surface area contributed by atoms with Crippen molar-refractivity contribution in [3.8, 4) is 0 Å². The number of ketones is 1. The number of amides is 1. The smallest absolute Gasteiger partial charge is 0.223 e. The average Bonchev–Trinajstić information content (AvgIpc) is 2.72. The van der Waals surface area contributed by atoms with Gasteiger partial charge in [-0.3, -0.25) is 9.59 Å². The fourth-order valence-electron chi connectivity index (χ4n) is 4.48. The van der Waals surface area contributed by atoms with Crippen LogP contribution in [0, 0.1) is 17.8 Å². The summed E-state index contributed by atoms with van der Waals surface area (Å²) in [4.78, 5) is 27.1. The lowest BCUT2D eigenvalue weighted by Crippen LogP contribution is -2.46. The van der Waals surface area contributed by atoms with Crippen molar-refractivity contribution in [2.75, 3.05) is 46.1 Å². The van der Waals surface area contributed by atoms with E-state index in [9.17, 15) is 9.59 Å². The molecule has 0 unspecified atom stereocenters. The molecule has 1 heterocycles. The van der Waals surface area contributed by atoms with Crippen molar-refractivity contribution in [3.05, 3.63) is 0 Å². The van der Waals surface area contributed by atoms with Gasteiger partial charge < -0.3 is 19.7 Å². The monoisotopic (exact) mass is 396 g/mol. The summed E-state index contributed by atoms with van der Waals surface area (Å²) in [6, 6.07) is 0.596. The molecule has 0 aromatic carbocycles. The summed E-state index contributed by atoms with van der Waals surface area (Å²) < 4.78 is 10.6. The van der Waals surface area contributed by atoms with Gasteiger partial charge in [-0.25, -0.2) is 0 Å². The van der Waals surface area contributed by atoms with Crippen molar-refractivity contribution >= 4 is 11.7 Å². The summed E-state index contributed by atoms with van der Waals surface area (Å²) in [6.45, 7) is 11.0. The van der Waals surface area contributed by atoms with Crippen molar-refractivity contribution in [2.45, 2.75) is 65.3 Å². The Morgan fingerprint density at radius 3 is 2.18 bits per heavy atom. The number of hydrogen-bond acceptors (Lipinski definition) is 5. The largest absolute Gasteiger partial charge is 0.379 e. The van der Waals surface area contributed by atoms with E-state index in [1.54, 1.807) is 0 Å². The van der Waals surface area contributed by atoms with E-state index >= 15 is 0 Å². The van der Waals surface area contributed by atoms with E-state index in [0.717, 1.165) is 51.6 Å². The number of nitrogens with one attached hydrogen (secondary N) is 1. The van der Waals surface area contributed by atoms with Gasteiger partial charge in [0, 0.05) is 36.9 Å². The molecule has 2 fully saturated rings. The van der Waals surface area contributed by atoms with Crippen molar-refractivity contribution in [3.63, 3.8) is 0 Å². The van der Waals surface area contributed by atoms with E-state index in [2.05, 4.69) is 10.2 Å². The molecule has 0 radical (unpaired) electrons. The number of piperidine rings is 1. The molecule has 1 saturated carbocycles. The number of ether oxygens (including phenoxy) is 2. The van der Waals surface area contributed by atoms with E-state index < -0.39 is 0 Å². The number of carbonyl (C=O) groups is 2. The van der Waals surface area contributed by atoms with Crippen LogP contribution in [0.1, 0.15) is 59.3 Å². The predicted octanol–water partition coefficient (Wildman–Crippen LogP) is 2.65. The molecular formula is C22H40N2O4. The number of carbonyl (C=O) groups excluding carboxylic acids is 2. The number of likely N-dealkylation sites (tertiary alicyclic amines) is 1. The summed E-state index contributed by atoms with van der Waals surface area (Å²) >= 11 is 0. The zero-order valence-corrected chi connectivity index (χ0v) is 18.1. The van der Waals surface area contributed by atoms with Gasteiger partial charge in [-0.1, -0.05) is 13.8 Å². The molecule has 28 heavy (non-hydrogen) atoms. The van der Waals surface area contributed by atoms with Gasteiger partial charge in [0.25, 0.3) is 0 Å². The molecule has 1 aliphatic carbocycles. The first-order valence-electron chi connectivity index (χ1n) is 11.2. The lowest BCUT2D eigenvalue weighted by molar-refractivity contribution is -0.128. The Morgan fingerprint density at radius 2 is 1.57 bits per heavy atom. The Balaban J connectivity index is 1.58. The van der Waals surface area contributed by atoms with Gasteiger partial charge in [0.2, 0.25) is 5.91 Å². The standard InChI is InChI=1S/C22H40N2O4/c1-4-27-15-16-28-14-11-23-22(26)19-9-12-24(13-10-19)20-7-5-18(6-8-20)21(25)17(2)3/h17-20H,4-16H2,1-3H3,(H,23,26). The third-order valence-electron chi connectivity index (χ3n) is 6.21. The summed E-state index contributed by atoms with van der Waals surface area (Å²) in [5.41, 5.74) is 0. The lowest BCUT2D eigenvalue weighted by atomic mass is 9.79. The number of Topliss-reactive ketones (excluding diaryl/α,β-unsaturated/α-hetero) is 1. The zero-order chi connectivity index (χ0) is 20.4. The molecule has 1 amide bonds. The normalized spacial score (nSPS) is 24.4. The van der Waals surface area contributed by atoms with E-state index in [1.807, 2.05) is 20.8 Å². The molecule has 2 rings (SSSR count). The molecule has 1 saturated heterocycles. The predicted molar refractivity (Wildman–Crippen MR) is 110 cm³/mol. The van der Waals surface area contributed by atoms with Gasteiger partial charge >= 0.3 is 0 Å². The van der Waals surface area contributed by atoms with Gasteiger partial charge in [-0.2, -0.15) is 0 Å². The van der Waals surface area contributed by atoms with Crippen LogP contribution < -0.4 is 5.32 Å². The molecule has 0 aromatic heterocycles. The SMILES string of the molecule is CCOCCOCCNC(=O)C1CCN(C2CCC(C(=O)C(C)C)CC2)CC1. The molecule has 1 aliphatic heterocycles. The minimum absolute atomic E-state index is 0.124. The van der Waals surface area contributed by atoms with Crippen LogP contribution in [0.3, 0.4) is 0 Å². The Hall–Kier alpha value is -0.980. The molecule has 0 atom stereocenters. The molecule has 0 aromatic rings. The third kappa shape index (κ3) is 7.45. The maximum Gasteiger partial charge on any atom is 0.223 e. The molecule has 0 spiro atoms. The third-order valence-corrected chi connectivity index (χ3v) is 6.21. The van der Waals surface area contributed by atoms with Crippen LogP contribution in [0.4, 0.5) is 0 Å². The highest BCUT2D eigenvalue weighted by Crippen LogP contribution is 2.32. The summed E-state index contributed by atoms with van der Waals surface area (Å²) in [6.07, 6.45) is 6.18. The molecule has 1 N–H and O–H groups in total. The minimum Gasteiger partial charge on any atom is -0.379 e. The number of nitrogens with zero attached hydrogens (tertiary/aromatic N) is 1. The lowest BCUT2D eigenvalue weighted by Gasteiger charge is -2.40. The fourth-order valence-corrected chi connectivity index (χ4v) is 4.48. The summed E-state index contributed by atoms with van der Waals surface area (Å²) in [5.74, 6) is 1.16. The van der Waals surface area contributed by atoms with Crippen molar-refractivity contribution in [1.82, 2.24) is 10.2 Å². The highest BCUT2D eigenvalue weighted by Gasteiger charge is 2.33. The van der Waals surface area contributed by atoms with Gasteiger partial charge in [-0.15, -0.1) is 0 Å². The van der Waals surface area contributed by atoms with Crippen LogP contribution in [0.2, 0.25) is 0 Å². The van der Waals surface area contributed by atoms with Crippen LogP contribution in [0.5, 0.6) is 0 Å². The first-order chi connectivity index (χ1) is 13.5. The first kappa shape index (κ1) is 23.3. The topological polar surface area (TPSA) is 67.9 Å². The van der Waals surface area contributed by atoms with Crippen molar-refractivity contribution in [2.24, 2.45) is 17.8 Å². The van der Waals surface area contributed by atoms with Gasteiger partial charge in [-0.05, 0) is 58.5 Å². The Labute approximate surface area is 170 Å². The summed E-state index contributed by atoms with van der Waals surface area (Å²) in [7, 11) is 0. The van der Waals surface area contributed by atoms with Crippen molar-refractivity contribution in [1.29, 1.82) is 0 Å². The number of hydrogen-bond donors (Lipinski definition) is 1. The minimum atomic E-state index is 0.124. The van der Waals surface area contributed by atoms with Crippen LogP contribution in [-0.2, 0) is 19.1 Å². The van der Waals surface area contributed by atoms with E-state index in [1.165, 1.54) is 0 Å². The van der Waals surface area contributed by atoms with Crippen LogP contribution >= 0.6 is 0 Å². The van der Waals surface area contributed by atoms with Crippen LogP contribution in [-0.4, -0.2) is 68.7 Å². The first-order valence-corrected chi connectivity index (χ1v) is 11.2. The van der Waals surface area contributed by atoms with Crippen LogP contribution in [0.25, 0.3) is 0 Å². The summed E-state index contributed by atoms with van der Waals surface area (Å²) in [5, 5.41) is 3.01. The molecule has 0 bridgehead atoms. The quantitative estimate of drug-likeness (QED) is 0.544. The molecule has 162 valence electrons. The second-order valence-electron chi connectivity index (χ2n) is 8.47. The van der Waals surface area contributed by atoms with Gasteiger partial charge in [0.15, 0.2) is 0 Å². The van der Waals surface area contributed by atoms with Crippen molar-refractivity contribution < 1.29 is 19.1 Å². The van der Waals surface area contributed by atoms with E-state index in [-0.39, 0.29) is 23.7 Å². The number of rotatable bonds is 11.